The van der Waals surface area contributed by atoms with Gasteiger partial charge in [0.1, 0.15) is 60.4 Å². The van der Waals surface area contributed by atoms with E-state index in [1.807, 2.05) is 0 Å². The standard InChI is InChI=1S/C51H92N16O15S/c1-29(58-45(75)37(27-69)65-41(71)31(56)28-83)49(79)66-23-11-17-38(66)47(77)59-30(2)50(80)67-24-12-18-39(67)48(78)63-34(15-5-9-21-54)43(73)61-32(13-3-7-19-52)42(72)57-25-40(70)60-36(26-68)46(76)62-33(14-4-8-20-53)44(74)64-35(51(81)82)16-6-10-22-55/h29-39,68-69,83H,3-28,52-56H2,1-2H3,(H,57,72)(H,58,75)(H,59,77)(H,60,70)(H,61,73)(H,62,76)(H,63,78)(H,64,74)(H,65,71)(H,81,82)/t29-,30-,31-,32-,33-,34-,35-,36-,37-,38-,39-/m0/s1. The Kier molecular flexibility index (Phi) is 34.5. The number of nitrogens with two attached hydrogens (primary N) is 5. The van der Waals surface area contributed by atoms with E-state index >= 15 is 0 Å². The highest BCUT2D eigenvalue weighted by atomic mass is 32.1. The van der Waals surface area contributed by atoms with Crippen molar-refractivity contribution in [2.45, 2.75) is 183 Å². The summed E-state index contributed by atoms with van der Waals surface area (Å²) in [6, 6.07) is -13.6. The van der Waals surface area contributed by atoms with E-state index in [1.54, 1.807) is 0 Å². The summed E-state index contributed by atoms with van der Waals surface area (Å²) >= 11 is 3.95. The van der Waals surface area contributed by atoms with Gasteiger partial charge in [0.2, 0.25) is 65.0 Å². The van der Waals surface area contributed by atoms with Crippen LogP contribution < -0.4 is 76.5 Å². The molecule has 11 atom stereocenters. The van der Waals surface area contributed by atoms with Crippen LogP contribution in [0, 0.1) is 0 Å². The third kappa shape index (κ3) is 24.8. The average Bonchev–Trinajstić information content (AvgIpc) is 4.36. The summed E-state index contributed by atoms with van der Waals surface area (Å²) in [5, 5.41) is 51.8. The van der Waals surface area contributed by atoms with Gasteiger partial charge in [-0.1, -0.05) is 0 Å². The largest absolute Gasteiger partial charge is 0.480 e. The molecule has 2 saturated heterocycles. The van der Waals surface area contributed by atoms with Crippen molar-refractivity contribution in [3.8, 4) is 0 Å². The average molecular weight is 1200 g/mol. The molecule has 0 aromatic rings. The number of carbonyl (C=O) groups is 12. The topological polar surface area (TPSA) is 510 Å². The van der Waals surface area contributed by atoms with Crippen molar-refractivity contribution in [1.29, 1.82) is 0 Å². The first-order chi connectivity index (χ1) is 39.5. The van der Waals surface area contributed by atoms with Gasteiger partial charge in [0.15, 0.2) is 0 Å². The van der Waals surface area contributed by atoms with Crippen LogP contribution in [0.4, 0.5) is 0 Å². The predicted molar refractivity (Wildman–Crippen MR) is 305 cm³/mol. The molecule has 2 heterocycles. The Bertz CT molecular complexity index is 2170. The number of thiol groups is 1. The van der Waals surface area contributed by atoms with Crippen LogP contribution in [0.3, 0.4) is 0 Å². The van der Waals surface area contributed by atoms with Crippen LogP contribution in [0.25, 0.3) is 0 Å². The number of aliphatic carboxylic acids is 1. The highest BCUT2D eigenvalue weighted by Gasteiger charge is 2.41. The lowest BCUT2D eigenvalue weighted by atomic mass is 10.0. The molecular formula is C51H92N16O15S. The first-order valence-corrected chi connectivity index (χ1v) is 29.1. The molecule has 0 aromatic heterocycles. The molecule has 0 aliphatic carbocycles. The predicted octanol–water partition coefficient (Wildman–Crippen LogP) is -7.15. The van der Waals surface area contributed by atoms with Crippen LogP contribution in [-0.4, -0.2) is 227 Å². The zero-order valence-electron chi connectivity index (χ0n) is 47.7. The van der Waals surface area contributed by atoms with E-state index in [-0.39, 0.29) is 77.0 Å². The number of rotatable bonds is 40. The van der Waals surface area contributed by atoms with Gasteiger partial charge in [-0.25, -0.2) is 4.79 Å². The third-order valence-corrected chi connectivity index (χ3v) is 14.4. The molecule has 31 nitrogen and oxygen atoms in total. The second-order valence-electron chi connectivity index (χ2n) is 20.6. The number of aliphatic hydroxyl groups excluding tert-OH is 2. The molecule has 2 rings (SSSR count). The number of likely N-dealkylation sites (tertiary alicyclic amines) is 2. The molecule has 83 heavy (non-hydrogen) atoms. The van der Waals surface area contributed by atoms with E-state index < -0.39 is 157 Å². The smallest absolute Gasteiger partial charge is 0.326 e. The van der Waals surface area contributed by atoms with E-state index in [0.29, 0.717) is 70.8 Å². The maximum atomic E-state index is 14.1. The van der Waals surface area contributed by atoms with E-state index in [1.165, 1.54) is 23.6 Å². The number of hydrogen-bond donors (Lipinski definition) is 18. The number of carbonyl (C=O) groups excluding carboxylic acids is 11. The lowest BCUT2D eigenvalue weighted by molar-refractivity contribution is -0.144. The quantitative estimate of drug-likeness (QED) is 0.0200. The number of nitrogens with zero attached hydrogens (tertiary/aromatic N) is 2. The van der Waals surface area contributed by atoms with Crippen LogP contribution in [0.5, 0.6) is 0 Å². The Hall–Kier alpha value is -6.29. The van der Waals surface area contributed by atoms with Crippen LogP contribution in [0.1, 0.15) is 117 Å². The van der Waals surface area contributed by atoms with E-state index in [0.717, 1.165) is 0 Å². The van der Waals surface area contributed by atoms with Gasteiger partial charge in [-0.2, -0.15) is 12.6 Å². The fraction of sp³-hybridized carbons (Fsp3) is 0.765. The summed E-state index contributed by atoms with van der Waals surface area (Å²) < 4.78 is 0. The molecule has 0 radical (unpaired) electrons. The molecule has 0 bridgehead atoms. The van der Waals surface area contributed by atoms with Gasteiger partial charge < -0.3 is 102 Å². The normalized spacial score (nSPS) is 18.1. The summed E-state index contributed by atoms with van der Waals surface area (Å²) in [6.07, 6.45) is 4.89. The van der Waals surface area contributed by atoms with Crippen LogP contribution in [0.2, 0.25) is 0 Å². The Morgan fingerprint density at radius 1 is 0.482 bits per heavy atom. The van der Waals surface area contributed by atoms with Gasteiger partial charge in [-0.05, 0) is 143 Å². The van der Waals surface area contributed by atoms with Gasteiger partial charge in [-0.15, -0.1) is 0 Å². The number of nitrogens with one attached hydrogen (secondary N) is 9. The Morgan fingerprint density at radius 2 is 0.843 bits per heavy atom. The summed E-state index contributed by atoms with van der Waals surface area (Å²) in [5.41, 5.74) is 28.2. The third-order valence-electron chi connectivity index (χ3n) is 14.0. The zero-order valence-corrected chi connectivity index (χ0v) is 48.6. The highest BCUT2D eigenvalue weighted by molar-refractivity contribution is 7.80. The Morgan fingerprint density at radius 3 is 1.28 bits per heavy atom. The highest BCUT2D eigenvalue weighted by Crippen LogP contribution is 2.22. The lowest BCUT2D eigenvalue weighted by Crippen LogP contribution is -2.59. The Balaban J connectivity index is 2.15. The maximum Gasteiger partial charge on any atom is 0.326 e. The molecule has 11 amide bonds. The Labute approximate surface area is 489 Å². The molecule has 2 fully saturated rings. The van der Waals surface area contributed by atoms with E-state index in [2.05, 4.69) is 60.5 Å². The van der Waals surface area contributed by atoms with Gasteiger partial charge in [-0.3, -0.25) is 52.7 Å². The van der Waals surface area contributed by atoms with Crippen molar-refractivity contribution < 1.29 is 72.9 Å². The summed E-state index contributed by atoms with van der Waals surface area (Å²) in [7, 11) is 0. The summed E-state index contributed by atoms with van der Waals surface area (Å²) in [5.74, 6) is -9.86. The molecular weight excluding hydrogens is 1110 g/mol. The minimum atomic E-state index is -1.62. The van der Waals surface area contributed by atoms with Crippen molar-refractivity contribution in [3.63, 3.8) is 0 Å². The fourth-order valence-corrected chi connectivity index (χ4v) is 9.42. The van der Waals surface area contributed by atoms with Crippen molar-refractivity contribution in [2.24, 2.45) is 28.7 Å². The number of aliphatic hydroxyl groups is 2. The molecule has 0 spiro atoms. The number of carboxylic acid groups (broad SMARTS) is 1. The van der Waals surface area contributed by atoms with Crippen LogP contribution in [0.15, 0.2) is 0 Å². The molecule has 0 aromatic carbocycles. The maximum absolute atomic E-state index is 14.1. The molecule has 2 aliphatic rings. The number of carboxylic acids is 1. The van der Waals surface area contributed by atoms with Gasteiger partial charge in [0.25, 0.3) is 0 Å². The molecule has 472 valence electrons. The first kappa shape index (κ1) is 72.8. The molecule has 2 aliphatic heterocycles. The van der Waals surface area contributed by atoms with E-state index in [4.69, 9.17) is 28.7 Å². The lowest BCUT2D eigenvalue weighted by Gasteiger charge is -2.31. The number of amides is 11. The van der Waals surface area contributed by atoms with Gasteiger partial charge in [0.05, 0.1) is 25.8 Å². The molecule has 22 N–H and O–H groups in total. The minimum absolute atomic E-state index is 0.0285. The summed E-state index contributed by atoms with van der Waals surface area (Å²) in [4.78, 5) is 162. The monoisotopic (exact) mass is 1200 g/mol. The first-order valence-electron chi connectivity index (χ1n) is 28.5. The van der Waals surface area contributed by atoms with Gasteiger partial charge in [0, 0.05) is 18.8 Å². The number of hydrogen-bond acceptors (Lipinski definition) is 20. The van der Waals surface area contributed by atoms with Crippen LogP contribution in [-0.2, 0) is 57.5 Å². The van der Waals surface area contributed by atoms with Crippen molar-refractivity contribution >= 4 is 83.6 Å². The zero-order chi connectivity index (χ0) is 62.2. The molecule has 32 heteroatoms. The van der Waals surface area contributed by atoms with Crippen molar-refractivity contribution in [1.82, 2.24) is 57.7 Å². The van der Waals surface area contributed by atoms with E-state index in [9.17, 15) is 72.9 Å². The second-order valence-corrected chi connectivity index (χ2v) is 21.0. The summed E-state index contributed by atoms with van der Waals surface area (Å²) in [6.45, 7) is 1.71. The van der Waals surface area contributed by atoms with Crippen molar-refractivity contribution in [3.05, 3.63) is 0 Å². The SMILES string of the molecule is C[C@H](NC(=O)[C@H](CO)NC(=O)[C@@H](N)CS)C(=O)N1CCC[C@H]1C(=O)N[C@@H](C)C(=O)N1CCC[C@H]1C(=O)N[C@@H](CCCCN)C(=O)N[C@@H](CCCCN)C(=O)NCC(=O)N[C@@H](CO)C(=O)N[C@@H](CCCCN)C(=O)N[C@@H](CCCCN)C(=O)O. The minimum Gasteiger partial charge on any atom is -0.480 e. The van der Waals surface area contributed by atoms with Crippen LogP contribution >= 0.6 is 12.6 Å². The second kappa shape index (κ2) is 39.3. The fourth-order valence-electron chi connectivity index (χ4n) is 9.26. The number of unbranched alkanes of at least 4 members (excludes halogenated alkanes) is 4. The molecule has 0 saturated carbocycles. The van der Waals surface area contributed by atoms with Crippen molar-refractivity contribution in [2.75, 3.05) is 64.8 Å². The molecule has 0 unspecified atom stereocenters. The van der Waals surface area contributed by atoms with Gasteiger partial charge >= 0.3 is 5.97 Å².